The lowest BCUT2D eigenvalue weighted by molar-refractivity contribution is 0.0951. The number of aromatic nitrogens is 1. The third-order valence-electron chi connectivity index (χ3n) is 2.74. The summed E-state index contributed by atoms with van der Waals surface area (Å²) >= 11 is 0. The number of hydrogen-bond acceptors (Lipinski definition) is 2. The summed E-state index contributed by atoms with van der Waals surface area (Å²) in [5.41, 5.74) is 3.81. The fourth-order valence-electron chi connectivity index (χ4n) is 1.59. The number of benzene rings is 1. The number of nitrogens with zero attached hydrogens (tertiary/aromatic N) is 1. The van der Waals surface area contributed by atoms with Gasteiger partial charge in [-0.05, 0) is 37.6 Å². The topological polar surface area (TPSA) is 42.0 Å². The molecule has 3 heteroatoms. The van der Waals surface area contributed by atoms with Gasteiger partial charge in [0.05, 0.1) is 0 Å². The molecule has 0 fully saturated rings. The zero-order chi connectivity index (χ0) is 13.0. The number of rotatable bonds is 3. The molecule has 0 aliphatic rings. The highest BCUT2D eigenvalue weighted by Crippen LogP contribution is 2.04. The Morgan fingerprint density at radius 2 is 1.83 bits per heavy atom. The first-order chi connectivity index (χ1) is 8.65. The fourth-order valence-corrected chi connectivity index (χ4v) is 1.59. The van der Waals surface area contributed by atoms with Crippen molar-refractivity contribution in [2.75, 3.05) is 0 Å². The van der Waals surface area contributed by atoms with Crippen LogP contribution in [-0.2, 0) is 6.54 Å². The van der Waals surface area contributed by atoms with Gasteiger partial charge in [-0.25, -0.2) is 0 Å². The molecule has 0 aliphatic heterocycles. The molecule has 0 spiro atoms. The molecule has 3 nitrogen and oxygen atoms in total. The number of hydrogen-bond donors (Lipinski definition) is 1. The Kier molecular flexibility index (Phi) is 3.72. The van der Waals surface area contributed by atoms with Crippen LogP contribution >= 0.6 is 0 Å². The molecular weight excluding hydrogens is 224 g/mol. The van der Waals surface area contributed by atoms with Crippen molar-refractivity contribution in [3.05, 3.63) is 65.0 Å². The SMILES string of the molecule is Cc1ccc(C(=O)NCc2ccc(C)nc2)cc1. The number of amides is 1. The van der Waals surface area contributed by atoms with Crippen molar-refractivity contribution >= 4 is 5.91 Å². The third-order valence-corrected chi connectivity index (χ3v) is 2.74. The van der Waals surface area contributed by atoms with Crippen molar-refractivity contribution in [1.82, 2.24) is 10.3 Å². The van der Waals surface area contributed by atoms with E-state index in [4.69, 9.17) is 0 Å². The van der Waals surface area contributed by atoms with Gasteiger partial charge in [0.25, 0.3) is 5.91 Å². The molecule has 2 rings (SSSR count). The molecule has 0 saturated carbocycles. The van der Waals surface area contributed by atoms with Crippen molar-refractivity contribution in [3.8, 4) is 0 Å². The van der Waals surface area contributed by atoms with E-state index in [2.05, 4.69) is 10.3 Å². The molecule has 0 bridgehead atoms. The first-order valence-electron chi connectivity index (χ1n) is 5.91. The highest BCUT2D eigenvalue weighted by molar-refractivity contribution is 5.94. The molecule has 0 aliphatic carbocycles. The summed E-state index contributed by atoms with van der Waals surface area (Å²) in [7, 11) is 0. The van der Waals surface area contributed by atoms with Crippen molar-refractivity contribution in [3.63, 3.8) is 0 Å². The molecule has 2 aromatic rings. The first-order valence-corrected chi connectivity index (χ1v) is 5.91. The highest BCUT2D eigenvalue weighted by atomic mass is 16.1. The number of pyridine rings is 1. The van der Waals surface area contributed by atoms with Gasteiger partial charge in [-0.3, -0.25) is 9.78 Å². The van der Waals surface area contributed by atoms with Crippen LogP contribution in [0.3, 0.4) is 0 Å². The molecule has 92 valence electrons. The summed E-state index contributed by atoms with van der Waals surface area (Å²) < 4.78 is 0. The smallest absolute Gasteiger partial charge is 0.251 e. The van der Waals surface area contributed by atoms with Crippen molar-refractivity contribution in [1.29, 1.82) is 0 Å². The van der Waals surface area contributed by atoms with Crippen molar-refractivity contribution in [2.24, 2.45) is 0 Å². The molecule has 1 N–H and O–H groups in total. The zero-order valence-corrected chi connectivity index (χ0v) is 10.6. The van der Waals surface area contributed by atoms with Crippen LogP contribution in [0.15, 0.2) is 42.6 Å². The fraction of sp³-hybridized carbons (Fsp3) is 0.200. The van der Waals surface area contributed by atoms with Crippen LogP contribution in [0.1, 0.15) is 27.2 Å². The van der Waals surface area contributed by atoms with Crippen molar-refractivity contribution < 1.29 is 4.79 Å². The Morgan fingerprint density at radius 3 is 2.44 bits per heavy atom. The lowest BCUT2D eigenvalue weighted by atomic mass is 10.1. The Labute approximate surface area is 107 Å². The number of aryl methyl sites for hydroxylation is 2. The minimum atomic E-state index is -0.0597. The quantitative estimate of drug-likeness (QED) is 0.896. The number of nitrogens with one attached hydrogen (secondary N) is 1. The van der Waals surface area contributed by atoms with Gasteiger partial charge in [-0.2, -0.15) is 0 Å². The van der Waals surface area contributed by atoms with Gasteiger partial charge in [0.15, 0.2) is 0 Å². The van der Waals surface area contributed by atoms with Crippen LogP contribution in [-0.4, -0.2) is 10.9 Å². The monoisotopic (exact) mass is 240 g/mol. The second kappa shape index (κ2) is 5.45. The standard InChI is InChI=1S/C15H16N2O/c1-11-3-7-14(8-4-11)15(18)17-10-13-6-5-12(2)16-9-13/h3-9H,10H2,1-2H3,(H,17,18). The van der Waals surface area contributed by atoms with E-state index in [-0.39, 0.29) is 5.91 Å². The van der Waals surface area contributed by atoms with E-state index < -0.39 is 0 Å². The highest BCUT2D eigenvalue weighted by Gasteiger charge is 2.04. The predicted molar refractivity (Wildman–Crippen MR) is 71.3 cm³/mol. The van der Waals surface area contributed by atoms with Crippen LogP contribution in [0.25, 0.3) is 0 Å². The molecule has 1 amide bonds. The van der Waals surface area contributed by atoms with Crippen molar-refractivity contribution in [2.45, 2.75) is 20.4 Å². The maximum atomic E-state index is 11.9. The van der Waals surface area contributed by atoms with Gasteiger partial charge in [0.2, 0.25) is 0 Å². The molecule has 18 heavy (non-hydrogen) atoms. The Balaban J connectivity index is 1.96. The second-order valence-corrected chi connectivity index (χ2v) is 4.36. The van der Waals surface area contributed by atoms with Gasteiger partial charge in [0, 0.05) is 24.0 Å². The summed E-state index contributed by atoms with van der Waals surface area (Å²) in [6.45, 7) is 4.44. The molecule has 0 atom stereocenters. The average Bonchev–Trinajstić information content (AvgIpc) is 2.38. The van der Waals surface area contributed by atoms with E-state index in [1.807, 2.05) is 50.2 Å². The lowest BCUT2D eigenvalue weighted by Crippen LogP contribution is -2.22. The summed E-state index contributed by atoms with van der Waals surface area (Å²) in [4.78, 5) is 16.1. The Morgan fingerprint density at radius 1 is 1.11 bits per heavy atom. The predicted octanol–water partition coefficient (Wildman–Crippen LogP) is 2.63. The Hall–Kier alpha value is -2.16. The van der Waals surface area contributed by atoms with Gasteiger partial charge >= 0.3 is 0 Å². The molecule has 1 aromatic carbocycles. The van der Waals surface area contributed by atoms with Crippen LogP contribution in [0.2, 0.25) is 0 Å². The Bertz CT molecular complexity index is 529. The van der Waals surface area contributed by atoms with Gasteiger partial charge < -0.3 is 5.32 Å². The summed E-state index contributed by atoms with van der Waals surface area (Å²) in [6, 6.07) is 11.4. The molecule has 0 unspecified atom stereocenters. The first kappa shape index (κ1) is 12.3. The third kappa shape index (κ3) is 3.17. The van der Waals surface area contributed by atoms with Crippen LogP contribution in [0.4, 0.5) is 0 Å². The van der Waals surface area contributed by atoms with E-state index in [0.717, 1.165) is 16.8 Å². The van der Waals surface area contributed by atoms with Gasteiger partial charge in [0.1, 0.15) is 0 Å². The maximum absolute atomic E-state index is 11.9. The van der Waals surface area contributed by atoms with E-state index in [1.54, 1.807) is 6.20 Å². The molecule has 0 saturated heterocycles. The van der Waals surface area contributed by atoms with E-state index in [0.29, 0.717) is 12.1 Å². The van der Waals surface area contributed by atoms with Gasteiger partial charge in [-0.15, -0.1) is 0 Å². The molecule has 1 heterocycles. The van der Waals surface area contributed by atoms with Crippen LogP contribution in [0, 0.1) is 13.8 Å². The summed E-state index contributed by atoms with van der Waals surface area (Å²) in [6.07, 6.45) is 1.78. The number of carbonyl (C=O) groups excluding carboxylic acids is 1. The maximum Gasteiger partial charge on any atom is 0.251 e. The summed E-state index contributed by atoms with van der Waals surface area (Å²) in [5, 5.41) is 2.88. The summed E-state index contributed by atoms with van der Waals surface area (Å²) in [5.74, 6) is -0.0597. The lowest BCUT2D eigenvalue weighted by Gasteiger charge is -2.05. The minimum Gasteiger partial charge on any atom is -0.348 e. The van der Waals surface area contributed by atoms with Gasteiger partial charge in [-0.1, -0.05) is 23.8 Å². The van der Waals surface area contributed by atoms with E-state index in [9.17, 15) is 4.79 Å². The minimum absolute atomic E-state index is 0.0597. The van der Waals surface area contributed by atoms with E-state index >= 15 is 0 Å². The molecule has 0 radical (unpaired) electrons. The zero-order valence-electron chi connectivity index (χ0n) is 10.6. The molecule has 1 aromatic heterocycles. The van der Waals surface area contributed by atoms with Crippen LogP contribution < -0.4 is 5.32 Å². The molecular formula is C15H16N2O. The second-order valence-electron chi connectivity index (χ2n) is 4.36. The number of carbonyl (C=O) groups is 1. The largest absolute Gasteiger partial charge is 0.348 e. The normalized spacial score (nSPS) is 10.1. The average molecular weight is 240 g/mol. The van der Waals surface area contributed by atoms with E-state index in [1.165, 1.54) is 0 Å². The van der Waals surface area contributed by atoms with Crippen LogP contribution in [0.5, 0.6) is 0 Å².